The fraction of sp³-hybridized carbons (Fsp3) is 0.704. The first kappa shape index (κ1) is 73.1. The van der Waals surface area contributed by atoms with Crippen LogP contribution in [0.1, 0.15) is 303 Å². The molecule has 0 fully saturated rings. The Morgan fingerprint density at radius 3 is 0.844 bits per heavy atom. The summed E-state index contributed by atoms with van der Waals surface area (Å²) in [7, 11) is 0. The van der Waals surface area contributed by atoms with Gasteiger partial charge in [-0.3, -0.25) is 14.4 Å². The molecule has 0 aliphatic carbocycles. The summed E-state index contributed by atoms with van der Waals surface area (Å²) in [5, 5.41) is 0. The Labute approximate surface area is 476 Å². The topological polar surface area (TPSA) is 78.9 Å². The Kier molecular flexibility index (Phi) is 61.3. The third kappa shape index (κ3) is 62.8. The minimum absolute atomic E-state index is 0.0963. The van der Waals surface area contributed by atoms with Crippen molar-refractivity contribution in [3.63, 3.8) is 0 Å². The molecule has 0 heterocycles. The number of hydrogen-bond donors (Lipinski definition) is 0. The zero-order valence-corrected chi connectivity index (χ0v) is 50.4. The molecule has 0 spiro atoms. The van der Waals surface area contributed by atoms with E-state index in [4.69, 9.17) is 14.2 Å². The van der Waals surface area contributed by atoms with Crippen LogP contribution < -0.4 is 0 Å². The van der Waals surface area contributed by atoms with Crippen LogP contribution >= 0.6 is 0 Å². The predicted molar refractivity (Wildman–Crippen MR) is 334 cm³/mol. The molecule has 0 saturated heterocycles. The second-order valence-electron chi connectivity index (χ2n) is 21.3. The van der Waals surface area contributed by atoms with Gasteiger partial charge in [-0.1, -0.05) is 284 Å². The van der Waals surface area contributed by atoms with Crippen molar-refractivity contribution in [2.45, 2.75) is 309 Å². The number of carbonyl (C=O) groups is 3. The van der Waals surface area contributed by atoms with Crippen LogP contribution in [0.5, 0.6) is 0 Å². The van der Waals surface area contributed by atoms with Crippen LogP contribution in [0.4, 0.5) is 0 Å². The normalized spacial score (nSPS) is 12.8. The molecule has 0 bridgehead atoms. The lowest BCUT2D eigenvalue weighted by molar-refractivity contribution is -0.167. The number of rotatable bonds is 58. The van der Waals surface area contributed by atoms with Gasteiger partial charge in [-0.2, -0.15) is 0 Å². The van der Waals surface area contributed by atoms with Crippen molar-refractivity contribution in [3.05, 3.63) is 109 Å². The van der Waals surface area contributed by atoms with E-state index in [0.29, 0.717) is 19.3 Å². The van der Waals surface area contributed by atoms with Crippen LogP contribution in [0.2, 0.25) is 0 Å². The first-order valence-corrected chi connectivity index (χ1v) is 32.4. The number of allylic oxidation sites excluding steroid dienone is 18. The van der Waals surface area contributed by atoms with Crippen molar-refractivity contribution in [2.24, 2.45) is 0 Å². The molecule has 1 atom stereocenters. The van der Waals surface area contributed by atoms with Crippen molar-refractivity contribution >= 4 is 17.9 Å². The Balaban J connectivity index is 4.48. The molecule has 0 amide bonds. The predicted octanol–water partition coefficient (Wildman–Crippen LogP) is 22.2. The van der Waals surface area contributed by atoms with Crippen molar-refractivity contribution in [1.29, 1.82) is 0 Å². The van der Waals surface area contributed by atoms with Crippen LogP contribution in [-0.2, 0) is 28.6 Å². The highest BCUT2D eigenvalue weighted by Crippen LogP contribution is 2.16. The van der Waals surface area contributed by atoms with Gasteiger partial charge in [-0.05, 0) is 109 Å². The molecule has 0 N–H and O–H groups in total. The van der Waals surface area contributed by atoms with Gasteiger partial charge in [0.15, 0.2) is 6.10 Å². The average Bonchev–Trinajstić information content (AvgIpc) is 3.43. The first-order valence-electron chi connectivity index (χ1n) is 32.4. The molecule has 0 aromatic rings. The maximum Gasteiger partial charge on any atom is 0.306 e. The van der Waals surface area contributed by atoms with Crippen LogP contribution in [0.15, 0.2) is 109 Å². The summed E-state index contributed by atoms with van der Waals surface area (Å²) in [5.41, 5.74) is 0. The summed E-state index contributed by atoms with van der Waals surface area (Å²) in [5.74, 6) is -0.944. The highest BCUT2D eigenvalue weighted by atomic mass is 16.6. The molecule has 0 saturated carbocycles. The maximum absolute atomic E-state index is 12.9. The SMILES string of the molecule is CC/C=C\C/C=C\C/C=C\C/C=C\C/C=C\C/C=C\CCCCC(=O)OCC(COC(=O)CCCCCCCCCCCCCCCCCCCCC)OC(=O)CCCCCCCC/C=C\C/C=C\C/C=C\CCCCC. The van der Waals surface area contributed by atoms with E-state index >= 15 is 0 Å². The lowest BCUT2D eigenvalue weighted by atomic mass is 10.0. The third-order valence-corrected chi connectivity index (χ3v) is 13.8. The van der Waals surface area contributed by atoms with Gasteiger partial charge in [0.2, 0.25) is 0 Å². The van der Waals surface area contributed by atoms with Gasteiger partial charge in [-0.15, -0.1) is 0 Å². The number of hydrogen-bond acceptors (Lipinski definition) is 6. The van der Waals surface area contributed by atoms with Crippen LogP contribution in [-0.4, -0.2) is 37.2 Å². The van der Waals surface area contributed by atoms with Gasteiger partial charge in [0.05, 0.1) is 0 Å². The lowest BCUT2D eigenvalue weighted by Gasteiger charge is -2.18. The molecule has 440 valence electrons. The number of ether oxygens (including phenoxy) is 3. The molecule has 6 nitrogen and oxygen atoms in total. The van der Waals surface area contributed by atoms with E-state index in [1.54, 1.807) is 0 Å². The maximum atomic E-state index is 12.9. The van der Waals surface area contributed by atoms with Crippen LogP contribution in [0, 0.1) is 0 Å². The number of unbranched alkanes of at least 4 members (excludes halogenated alkanes) is 29. The summed E-state index contributed by atoms with van der Waals surface area (Å²) in [6.07, 6.45) is 88.0. The number of esters is 3. The molecule has 6 heteroatoms. The Hall–Kier alpha value is -3.93. The Morgan fingerprint density at radius 1 is 0.273 bits per heavy atom. The zero-order valence-electron chi connectivity index (χ0n) is 50.4. The molecule has 0 aliphatic rings. The Bertz CT molecular complexity index is 1560. The number of carbonyl (C=O) groups excluding carboxylic acids is 3. The van der Waals surface area contributed by atoms with Gasteiger partial charge >= 0.3 is 17.9 Å². The summed E-state index contributed by atoms with van der Waals surface area (Å²) < 4.78 is 16.9. The standard InChI is InChI=1S/C71H120O6/c1-4-7-10-13-16-19-22-25-28-31-34-35-38-40-43-46-49-52-55-58-61-64-70(73)76-67-68(77-71(74)65-62-59-56-53-50-47-44-41-37-33-30-27-24-21-18-15-12-9-6-3)66-75-69(72)63-60-57-54-51-48-45-42-39-36-32-29-26-23-20-17-14-11-8-5-2/h7,10,16,18-19,21,25,27-28,30,34-35,37,40-41,43,49,52,68H,4-6,8-9,11-15,17,20,22-24,26,29,31-33,36,38-39,42,44-48,50-51,53-67H2,1-3H3/b10-7-,19-16-,21-18-,28-25-,30-27-,35-34-,41-37-,43-40-,52-49-. The van der Waals surface area contributed by atoms with Gasteiger partial charge in [0.25, 0.3) is 0 Å². The van der Waals surface area contributed by atoms with E-state index < -0.39 is 6.10 Å². The summed E-state index contributed by atoms with van der Waals surface area (Å²) >= 11 is 0. The molecule has 0 aromatic carbocycles. The smallest absolute Gasteiger partial charge is 0.306 e. The van der Waals surface area contributed by atoms with Gasteiger partial charge in [-0.25, -0.2) is 0 Å². The van der Waals surface area contributed by atoms with Crippen molar-refractivity contribution in [1.82, 2.24) is 0 Å². The molecule has 0 rings (SSSR count). The summed E-state index contributed by atoms with van der Waals surface area (Å²) in [4.78, 5) is 38.4. The van der Waals surface area contributed by atoms with E-state index in [2.05, 4.69) is 130 Å². The van der Waals surface area contributed by atoms with Crippen molar-refractivity contribution < 1.29 is 28.6 Å². The van der Waals surface area contributed by atoms with Crippen molar-refractivity contribution in [2.75, 3.05) is 13.2 Å². The fourth-order valence-corrected chi connectivity index (χ4v) is 8.92. The quantitative estimate of drug-likeness (QED) is 0.0261. The largest absolute Gasteiger partial charge is 0.462 e. The monoisotopic (exact) mass is 1070 g/mol. The molecular formula is C71H120O6. The molecule has 0 radical (unpaired) electrons. The summed E-state index contributed by atoms with van der Waals surface area (Å²) in [6, 6.07) is 0. The second kappa shape index (κ2) is 64.6. The molecule has 1 unspecified atom stereocenters. The fourth-order valence-electron chi connectivity index (χ4n) is 8.92. The van der Waals surface area contributed by atoms with Crippen LogP contribution in [0.25, 0.3) is 0 Å². The average molecular weight is 1070 g/mol. The first-order chi connectivity index (χ1) is 38.0. The molecule has 77 heavy (non-hydrogen) atoms. The molecular weight excluding hydrogens is 949 g/mol. The third-order valence-electron chi connectivity index (χ3n) is 13.8. The van der Waals surface area contributed by atoms with E-state index in [0.717, 1.165) is 122 Å². The van der Waals surface area contributed by atoms with E-state index in [1.165, 1.54) is 141 Å². The highest BCUT2D eigenvalue weighted by Gasteiger charge is 2.19. The van der Waals surface area contributed by atoms with E-state index in [1.807, 2.05) is 0 Å². The Morgan fingerprint density at radius 2 is 0.506 bits per heavy atom. The molecule has 0 aromatic heterocycles. The minimum atomic E-state index is -0.805. The van der Waals surface area contributed by atoms with Crippen molar-refractivity contribution in [3.8, 4) is 0 Å². The van der Waals surface area contributed by atoms with Gasteiger partial charge in [0.1, 0.15) is 13.2 Å². The van der Waals surface area contributed by atoms with E-state index in [-0.39, 0.29) is 31.1 Å². The van der Waals surface area contributed by atoms with E-state index in [9.17, 15) is 14.4 Å². The minimum Gasteiger partial charge on any atom is -0.462 e. The second-order valence-corrected chi connectivity index (χ2v) is 21.3. The zero-order chi connectivity index (χ0) is 55.7. The lowest BCUT2D eigenvalue weighted by Crippen LogP contribution is -2.30. The van der Waals surface area contributed by atoms with Gasteiger partial charge < -0.3 is 14.2 Å². The van der Waals surface area contributed by atoms with Gasteiger partial charge in [0, 0.05) is 19.3 Å². The molecule has 0 aliphatic heterocycles. The van der Waals surface area contributed by atoms with Crippen LogP contribution in [0.3, 0.4) is 0 Å². The summed E-state index contributed by atoms with van der Waals surface area (Å²) in [6.45, 7) is 6.48. The highest BCUT2D eigenvalue weighted by molar-refractivity contribution is 5.71.